The van der Waals surface area contributed by atoms with E-state index in [4.69, 9.17) is 9.47 Å². The van der Waals surface area contributed by atoms with Gasteiger partial charge < -0.3 is 14.6 Å². The normalized spacial score (nSPS) is 13.2. The highest BCUT2D eigenvalue weighted by molar-refractivity contribution is 7.72. The van der Waals surface area contributed by atoms with Crippen molar-refractivity contribution in [2.75, 3.05) is 32.6 Å². The first-order valence-electron chi connectivity index (χ1n) is 9.67. The van der Waals surface area contributed by atoms with E-state index in [0.29, 0.717) is 13.0 Å². The van der Waals surface area contributed by atoms with Crippen molar-refractivity contribution in [2.45, 2.75) is 64.7 Å². The van der Waals surface area contributed by atoms with E-state index in [9.17, 15) is 9.90 Å². The lowest BCUT2D eigenvalue weighted by Gasteiger charge is -2.16. The van der Waals surface area contributed by atoms with Crippen LogP contribution < -0.4 is 0 Å². The Morgan fingerprint density at radius 3 is 2.27 bits per heavy atom. The molecule has 26 heavy (non-hydrogen) atoms. The first-order chi connectivity index (χ1) is 12.3. The monoisotopic (exact) mass is 386 g/mol. The summed E-state index contributed by atoms with van der Waals surface area (Å²) in [5.41, 5.74) is 2.43. The van der Waals surface area contributed by atoms with Crippen LogP contribution in [-0.2, 0) is 14.3 Å². The summed E-state index contributed by atoms with van der Waals surface area (Å²) in [4.78, 5) is 11.6. The number of esters is 1. The number of aliphatic hydroxyl groups excluding tert-OH is 1. The molecule has 0 saturated carbocycles. The van der Waals surface area contributed by atoms with Crippen molar-refractivity contribution in [3.8, 4) is 0 Å². The molecule has 0 aromatic carbocycles. The Kier molecular flexibility index (Phi) is 14.8. The first-order valence-corrected chi connectivity index (χ1v) is 12.5. The number of ether oxygens (including phenoxy) is 2. The van der Waals surface area contributed by atoms with Gasteiger partial charge in [-0.25, -0.2) is 0 Å². The quantitative estimate of drug-likeness (QED) is 0.123. The zero-order chi connectivity index (χ0) is 19.8. The van der Waals surface area contributed by atoms with Crippen molar-refractivity contribution >= 4 is 19.2 Å². The molecular formula is C21H39O4P. The zero-order valence-electron chi connectivity index (χ0n) is 16.9. The molecule has 0 aromatic rings. The van der Waals surface area contributed by atoms with Gasteiger partial charge in [0.1, 0.15) is 0 Å². The molecule has 0 aliphatic rings. The highest BCUT2D eigenvalue weighted by Gasteiger charge is 2.07. The highest BCUT2D eigenvalue weighted by Crippen LogP contribution is 2.40. The maximum Gasteiger partial charge on any atom is 0.307 e. The van der Waals surface area contributed by atoms with Gasteiger partial charge in [0.25, 0.3) is 0 Å². The standard InChI is InChI=1S/C21H39O4P/c1-6-10-19(2)12-9-15-24-18-25-21(23)13-8-7-11-20(3)14-16-26(4,5)17-22/h22H,2-4,6-18H2,1,5H3. The fraction of sp³-hybridized carbons (Fsp3) is 0.714. The molecule has 0 rings (SSSR count). The molecule has 0 aliphatic heterocycles. The molecule has 0 spiro atoms. The Morgan fingerprint density at radius 2 is 1.62 bits per heavy atom. The average Bonchev–Trinajstić information content (AvgIpc) is 2.60. The Balaban J connectivity index is 3.53. The molecule has 5 heteroatoms. The second-order valence-corrected chi connectivity index (χ2v) is 11.3. The van der Waals surface area contributed by atoms with Gasteiger partial charge in [0, 0.05) is 6.42 Å². The van der Waals surface area contributed by atoms with Crippen molar-refractivity contribution < 1.29 is 19.4 Å². The summed E-state index contributed by atoms with van der Waals surface area (Å²) in [5.74, 6) is -0.206. The second-order valence-electron chi connectivity index (χ2n) is 7.34. The molecule has 0 fully saturated rings. The Labute approximate surface area is 160 Å². The van der Waals surface area contributed by atoms with Crippen LogP contribution in [0.1, 0.15) is 64.7 Å². The minimum Gasteiger partial charge on any atom is -0.438 e. The third-order valence-corrected chi connectivity index (χ3v) is 6.22. The van der Waals surface area contributed by atoms with Gasteiger partial charge in [-0.05, 0) is 57.8 Å². The van der Waals surface area contributed by atoms with E-state index >= 15 is 0 Å². The predicted molar refractivity (Wildman–Crippen MR) is 114 cm³/mol. The summed E-state index contributed by atoms with van der Waals surface area (Å²) in [7, 11) is 0. The van der Waals surface area contributed by atoms with Crippen LogP contribution in [0.4, 0.5) is 0 Å². The van der Waals surface area contributed by atoms with Crippen molar-refractivity contribution in [3.05, 3.63) is 24.3 Å². The number of carbonyl (C=O) groups is 1. The first kappa shape index (κ1) is 25.2. The lowest BCUT2D eigenvalue weighted by molar-refractivity contribution is -0.156. The minimum atomic E-state index is -1.41. The smallest absolute Gasteiger partial charge is 0.307 e. The van der Waals surface area contributed by atoms with Crippen LogP contribution in [0.3, 0.4) is 0 Å². The van der Waals surface area contributed by atoms with Gasteiger partial charge in [0.2, 0.25) is 0 Å². The van der Waals surface area contributed by atoms with Crippen LogP contribution >= 0.6 is 6.89 Å². The van der Waals surface area contributed by atoms with E-state index in [2.05, 4.69) is 33.0 Å². The largest absolute Gasteiger partial charge is 0.438 e. The summed E-state index contributed by atoms with van der Waals surface area (Å²) >= 11 is 0. The van der Waals surface area contributed by atoms with E-state index in [1.807, 2.05) is 0 Å². The SMILES string of the molecule is C=C(CCC)CCCOCOC(=O)CCCCC(=C)CCP(=C)(C)CO. The van der Waals surface area contributed by atoms with Crippen LogP contribution in [0.15, 0.2) is 24.3 Å². The van der Waals surface area contributed by atoms with Crippen LogP contribution in [-0.4, -0.2) is 49.9 Å². The van der Waals surface area contributed by atoms with E-state index in [-0.39, 0.29) is 19.1 Å². The summed E-state index contributed by atoms with van der Waals surface area (Å²) < 4.78 is 10.4. The number of aliphatic hydroxyl groups is 1. The molecule has 1 atom stereocenters. The third kappa shape index (κ3) is 15.4. The zero-order valence-corrected chi connectivity index (χ0v) is 17.8. The molecule has 0 aromatic heterocycles. The predicted octanol–water partition coefficient (Wildman–Crippen LogP) is 5.18. The van der Waals surface area contributed by atoms with Crippen LogP contribution in [0.2, 0.25) is 0 Å². The molecule has 0 saturated heterocycles. The molecule has 0 radical (unpaired) electrons. The molecule has 0 amide bonds. The average molecular weight is 387 g/mol. The highest BCUT2D eigenvalue weighted by atomic mass is 31.2. The lowest BCUT2D eigenvalue weighted by atomic mass is 10.1. The van der Waals surface area contributed by atoms with Gasteiger partial charge >= 0.3 is 5.97 Å². The summed E-state index contributed by atoms with van der Waals surface area (Å²) in [6, 6.07) is 0. The van der Waals surface area contributed by atoms with E-state index in [1.54, 1.807) is 0 Å². The van der Waals surface area contributed by atoms with E-state index in [1.165, 1.54) is 11.1 Å². The fourth-order valence-electron chi connectivity index (χ4n) is 2.41. The van der Waals surface area contributed by atoms with Crippen molar-refractivity contribution in [3.63, 3.8) is 0 Å². The Hall–Kier alpha value is -0.830. The number of hydrogen-bond acceptors (Lipinski definition) is 4. The number of unbranched alkanes of at least 4 members (excludes halogenated alkanes) is 1. The van der Waals surface area contributed by atoms with Crippen LogP contribution in [0, 0.1) is 0 Å². The van der Waals surface area contributed by atoms with Crippen molar-refractivity contribution in [1.82, 2.24) is 0 Å². The van der Waals surface area contributed by atoms with Crippen molar-refractivity contribution in [2.24, 2.45) is 0 Å². The number of carbonyl (C=O) groups excluding carboxylic acids is 1. The molecule has 4 nitrogen and oxygen atoms in total. The second kappa shape index (κ2) is 15.2. The molecule has 152 valence electrons. The van der Waals surface area contributed by atoms with Gasteiger partial charge in [-0.1, -0.05) is 50.8 Å². The van der Waals surface area contributed by atoms with Gasteiger partial charge in [-0.3, -0.25) is 4.79 Å². The summed E-state index contributed by atoms with van der Waals surface area (Å²) in [5, 5.41) is 9.24. The fourth-order valence-corrected chi connectivity index (χ4v) is 3.41. The van der Waals surface area contributed by atoms with Gasteiger partial charge in [0.05, 0.1) is 13.0 Å². The molecular weight excluding hydrogens is 347 g/mol. The maximum absolute atomic E-state index is 11.6. The van der Waals surface area contributed by atoms with Gasteiger partial charge in [0.15, 0.2) is 6.79 Å². The Bertz CT molecular complexity index is 471. The van der Waals surface area contributed by atoms with Crippen LogP contribution in [0.25, 0.3) is 0 Å². The molecule has 1 N–H and O–H groups in total. The minimum absolute atomic E-state index is 0.0404. The third-order valence-electron chi connectivity index (χ3n) is 4.23. The number of hydrogen-bond donors (Lipinski definition) is 1. The maximum atomic E-state index is 11.6. The van der Waals surface area contributed by atoms with E-state index in [0.717, 1.165) is 57.5 Å². The van der Waals surface area contributed by atoms with Crippen molar-refractivity contribution in [1.29, 1.82) is 0 Å². The molecule has 0 heterocycles. The van der Waals surface area contributed by atoms with Crippen LogP contribution in [0.5, 0.6) is 0 Å². The molecule has 0 aliphatic carbocycles. The summed E-state index contributed by atoms with van der Waals surface area (Å²) in [6.45, 7) is 11.5. The Morgan fingerprint density at radius 1 is 1.00 bits per heavy atom. The molecule has 1 unspecified atom stereocenters. The number of rotatable bonds is 17. The topological polar surface area (TPSA) is 55.8 Å². The number of allylic oxidation sites excluding steroid dienone is 2. The molecule has 0 bridgehead atoms. The van der Waals surface area contributed by atoms with E-state index < -0.39 is 6.89 Å². The lowest BCUT2D eigenvalue weighted by Crippen LogP contribution is -2.09. The van der Waals surface area contributed by atoms with Gasteiger partial charge in [-0.15, -0.1) is 0 Å². The van der Waals surface area contributed by atoms with Gasteiger partial charge in [-0.2, -0.15) is 0 Å². The summed E-state index contributed by atoms with van der Waals surface area (Å²) in [6.07, 6.45) is 13.3.